The minimum atomic E-state index is -0.0803. The first-order valence-electron chi connectivity index (χ1n) is 9.76. The molecule has 0 unspecified atom stereocenters. The fraction of sp³-hybridized carbons (Fsp3) is 0.304. The van der Waals surface area contributed by atoms with Crippen LogP contribution in [0, 0.1) is 6.92 Å². The van der Waals surface area contributed by atoms with Crippen LogP contribution in [-0.4, -0.2) is 23.7 Å². The van der Waals surface area contributed by atoms with E-state index in [1.54, 1.807) is 4.90 Å². The van der Waals surface area contributed by atoms with Crippen LogP contribution >= 0.6 is 23.4 Å². The second-order valence-corrected chi connectivity index (χ2v) is 8.93. The van der Waals surface area contributed by atoms with Gasteiger partial charge in [-0.1, -0.05) is 23.7 Å². The highest BCUT2D eigenvalue weighted by Crippen LogP contribution is 2.38. The minimum Gasteiger partial charge on any atom is -0.493 e. The van der Waals surface area contributed by atoms with Gasteiger partial charge in [0.25, 0.3) is 5.91 Å². The number of carbonyl (C=O) groups excluding carboxylic acids is 1. The number of nitrogens with zero attached hydrogens (tertiary/aromatic N) is 2. The van der Waals surface area contributed by atoms with Gasteiger partial charge in [-0.05, 0) is 92.4 Å². The number of amides is 1. The monoisotopic (exact) mass is 426 g/mol. The number of thioether (sulfide) groups is 1. The second kappa shape index (κ2) is 8.25. The van der Waals surface area contributed by atoms with Crippen molar-refractivity contribution in [2.45, 2.75) is 39.7 Å². The molecule has 0 atom stereocenters. The molecule has 6 heteroatoms. The number of benzene rings is 2. The number of aliphatic imine (C=N–C) groups is 1. The molecule has 0 saturated carbocycles. The van der Waals surface area contributed by atoms with Gasteiger partial charge in [0.2, 0.25) is 0 Å². The molecular formula is C23H23ClN2O2S. The Labute approximate surface area is 180 Å². The summed E-state index contributed by atoms with van der Waals surface area (Å²) < 4.78 is 5.69. The summed E-state index contributed by atoms with van der Waals surface area (Å²) in [5, 5.41) is 1.31. The van der Waals surface area contributed by atoms with Crippen LogP contribution in [0.1, 0.15) is 37.0 Å². The Morgan fingerprint density at radius 3 is 2.83 bits per heavy atom. The highest BCUT2D eigenvalue weighted by atomic mass is 35.5. The Balaban J connectivity index is 1.71. The molecule has 0 bridgehead atoms. The molecular weight excluding hydrogens is 404 g/mol. The van der Waals surface area contributed by atoms with Crippen molar-refractivity contribution in [3.8, 4) is 5.75 Å². The first kappa shape index (κ1) is 20.0. The van der Waals surface area contributed by atoms with Crippen molar-refractivity contribution < 1.29 is 9.53 Å². The van der Waals surface area contributed by atoms with Gasteiger partial charge in [0.15, 0.2) is 5.17 Å². The van der Waals surface area contributed by atoms with E-state index in [0.29, 0.717) is 15.1 Å². The van der Waals surface area contributed by atoms with Gasteiger partial charge in [0, 0.05) is 11.1 Å². The topological polar surface area (TPSA) is 41.9 Å². The predicted molar refractivity (Wildman–Crippen MR) is 122 cm³/mol. The summed E-state index contributed by atoms with van der Waals surface area (Å²) >= 11 is 7.72. The third kappa shape index (κ3) is 4.21. The lowest BCUT2D eigenvalue weighted by molar-refractivity contribution is -0.113. The van der Waals surface area contributed by atoms with Crippen LogP contribution in [0.2, 0.25) is 5.02 Å². The van der Waals surface area contributed by atoms with Gasteiger partial charge in [-0.15, -0.1) is 0 Å². The van der Waals surface area contributed by atoms with Crippen LogP contribution in [0.25, 0.3) is 6.08 Å². The fourth-order valence-electron chi connectivity index (χ4n) is 3.35. The molecule has 2 aliphatic rings. The molecule has 2 aliphatic heterocycles. The number of ether oxygens (including phenoxy) is 1. The smallest absolute Gasteiger partial charge is 0.271 e. The third-order valence-corrected chi connectivity index (χ3v) is 6.21. The Bertz CT molecular complexity index is 1030. The average molecular weight is 427 g/mol. The molecule has 1 saturated heterocycles. The van der Waals surface area contributed by atoms with E-state index in [1.165, 1.54) is 17.3 Å². The summed E-state index contributed by atoms with van der Waals surface area (Å²) in [6, 6.07) is 11.8. The molecule has 4 rings (SSSR count). The minimum absolute atomic E-state index is 0.0777. The molecule has 0 spiro atoms. The van der Waals surface area contributed by atoms with Crippen LogP contribution < -0.4 is 9.64 Å². The van der Waals surface area contributed by atoms with Crippen molar-refractivity contribution in [2.75, 3.05) is 11.5 Å². The van der Waals surface area contributed by atoms with Gasteiger partial charge < -0.3 is 4.74 Å². The van der Waals surface area contributed by atoms with Crippen molar-refractivity contribution in [3.05, 3.63) is 63.0 Å². The van der Waals surface area contributed by atoms with Crippen molar-refractivity contribution >= 4 is 46.2 Å². The van der Waals surface area contributed by atoms with Crippen LogP contribution in [0.4, 0.5) is 5.69 Å². The van der Waals surface area contributed by atoms with Crippen molar-refractivity contribution in [3.63, 3.8) is 0 Å². The van der Waals surface area contributed by atoms with Gasteiger partial charge in [-0.2, -0.15) is 0 Å². The number of halogens is 1. The molecule has 2 aromatic carbocycles. The van der Waals surface area contributed by atoms with E-state index < -0.39 is 0 Å². The molecule has 2 heterocycles. The summed E-state index contributed by atoms with van der Waals surface area (Å²) in [6.45, 7) is 6.72. The van der Waals surface area contributed by atoms with Crippen molar-refractivity contribution in [1.29, 1.82) is 0 Å². The summed E-state index contributed by atoms with van der Waals surface area (Å²) in [4.78, 5) is 20.3. The standard InChI is InChI=1S/C23H23ClN2O2S/c1-14(2)25-23-26(18-8-6-15(3)19(24)13-18)22(27)21(29-23)12-16-7-9-20-17(11-16)5-4-10-28-20/h6-9,11-14H,4-5,10H2,1-3H3/b21-12-,25-23?. The van der Waals surface area contributed by atoms with E-state index in [0.717, 1.165) is 42.0 Å². The molecule has 0 aliphatic carbocycles. The average Bonchev–Trinajstić information content (AvgIpc) is 2.98. The summed E-state index contributed by atoms with van der Waals surface area (Å²) in [5.74, 6) is 0.866. The zero-order valence-electron chi connectivity index (χ0n) is 16.7. The van der Waals surface area contributed by atoms with E-state index in [4.69, 9.17) is 16.3 Å². The van der Waals surface area contributed by atoms with E-state index >= 15 is 0 Å². The number of carbonyl (C=O) groups is 1. The lowest BCUT2D eigenvalue weighted by Gasteiger charge is -2.17. The van der Waals surface area contributed by atoms with Gasteiger partial charge in [-0.3, -0.25) is 14.7 Å². The molecule has 1 fully saturated rings. The maximum Gasteiger partial charge on any atom is 0.271 e. The summed E-state index contributed by atoms with van der Waals surface area (Å²) in [6.07, 6.45) is 3.96. The Hall–Kier alpha value is -2.24. The predicted octanol–water partition coefficient (Wildman–Crippen LogP) is 5.86. The van der Waals surface area contributed by atoms with E-state index in [2.05, 4.69) is 11.1 Å². The highest BCUT2D eigenvalue weighted by Gasteiger charge is 2.35. The summed E-state index contributed by atoms with van der Waals surface area (Å²) in [7, 11) is 0. The van der Waals surface area contributed by atoms with Crippen LogP contribution in [0.3, 0.4) is 0 Å². The van der Waals surface area contributed by atoms with E-state index in [9.17, 15) is 4.79 Å². The number of amidine groups is 1. The number of rotatable bonds is 3. The molecule has 4 nitrogen and oxygen atoms in total. The molecule has 150 valence electrons. The lowest BCUT2D eigenvalue weighted by Crippen LogP contribution is -2.29. The first-order chi connectivity index (χ1) is 13.9. The number of anilines is 1. The van der Waals surface area contributed by atoms with Gasteiger partial charge in [0.05, 0.1) is 17.2 Å². The normalized spacial score (nSPS) is 19.2. The largest absolute Gasteiger partial charge is 0.493 e. The molecule has 29 heavy (non-hydrogen) atoms. The van der Waals surface area contributed by atoms with Gasteiger partial charge in [-0.25, -0.2) is 0 Å². The number of hydrogen-bond donors (Lipinski definition) is 0. The Morgan fingerprint density at radius 2 is 2.07 bits per heavy atom. The Kier molecular flexibility index (Phi) is 5.70. The molecule has 0 aromatic heterocycles. The number of fused-ring (bicyclic) bond motifs is 1. The molecule has 0 radical (unpaired) electrons. The van der Waals surface area contributed by atoms with Crippen LogP contribution in [-0.2, 0) is 11.2 Å². The quantitative estimate of drug-likeness (QED) is 0.577. The van der Waals surface area contributed by atoms with Crippen molar-refractivity contribution in [2.24, 2.45) is 4.99 Å². The zero-order chi connectivity index (χ0) is 20.5. The fourth-order valence-corrected chi connectivity index (χ4v) is 4.64. The second-order valence-electron chi connectivity index (χ2n) is 7.51. The third-order valence-electron chi connectivity index (χ3n) is 4.82. The van der Waals surface area contributed by atoms with E-state index in [-0.39, 0.29) is 11.9 Å². The van der Waals surface area contributed by atoms with Crippen molar-refractivity contribution in [1.82, 2.24) is 0 Å². The maximum atomic E-state index is 13.3. The SMILES string of the molecule is Cc1ccc(N2C(=O)/C(=C/c3ccc4c(c3)CCCO4)SC2=NC(C)C)cc1Cl. The van der Waals surface area contributed by atoms with Gasteiger partial charge >= 0.3 is 0 Å². The first-order valence-corrected chi connectivity index (χ1v) is 11.0. The van der Waals surface area contributed by atoms with E-state index in [1.807, 2.05) is 57.2 Å². The number of aryl methyl sites for hydroxylation is 2. The number of hydrogen-bond acceptors (Lipinski definition) is 4. The Morgan fingerprint density at radius 1 is 1.24 bits per heavy atom. The van der Waals surface area contributed by atoms with Crippen LogP contribution in [0.5, 0.6) is 5.75 Å². The zero-order valence-corrected chi connectivity index (χ0v) is 18.3. The molecule has 2 aromatic rings. The maximum absolute atomic E-state index is 13.3. The van der Waals surface area contributed by atoms with Gasteiger partial charge in [0.1, 0.15) is 5.75 Å². The highest BCUT2D eigenvalue weighted by molar-refractivity contribution is 8.19. The molecule has 1 amide bonds. The lowest BCUT2D eigenvalue weighted by atomic mass is 10.0. The van der Waals surface area contributed by atoms with Crippen LogP contribution in [0.15, 0.2) is 46.3 Å². The summed E-state index contributed by atoms with van der Waals surface area (Å²) in [5.41, 5.74) is 3.90. The molecule has 0 N–H and O–H groups in total.